The number of benzene rings is 2. The van der Waals surface area contributed by atoms with E-state index in [0.717, 1.165) is 12.1 Å². The first-order chi connectivity index (χ1) is 12.9. The normalized spacial score (nSPS) is 16.4. The Morgan fingerprint density at radius 2 is 1.81 bits per heavy atom. The predicted octanol–water partition coefficient (Wildman–Crippen LogP) is 2.33. The summed E-state index contributed by atoms with van der Waals surface area (Å²) in [6.07, 6.45) is 0.265. The highest BCUT2D eigenvalue weighted by molar-refractivity contribution is 6.09. The van der Waals surface area contributed by atoms with Crippen LogP contribution in [0.1, 0.15) is 22.3 Å². The quantitative estimate of drug-likeness (QED) is 0.787. The number of hydrogen-bond donors (Lipinski definition) is 2. The minimum absolute atomic E-state index is 0.137. The van der Waals surface area contributed by atoms with E-state index in [9.17, 15) is 23.2 Å². The molecule has 0 bridgehead atoms. The molecule has 140 valence electrons. The van der Waals surface area contributed by atoms with Crippen molar-refractivity contribution in [2.24, 2.45) is 5.92 Å². The van der Waals surface area contributed by atoms with Crippen molar-refractivity contribution >= 4 is 23.5 Å². The van der Waals surface area contributed by atoms with Gasteiger partial charge in [-0.25, -0.2) is 13.6 Å². The molecule has 0 aliphatic carbocycles. The maximum atomic E-state index is 13.4. The first-order valence-corrected chi connectivity index (χ1v) is 8.23. The molecule has 1 fully saturated rings. The van der Waals surface area contributed by atoms with Crippen LogP contribution in [0.25, 0.3) is 0 Å². The molecule has 1 saturated heterocycles. The molecule has 0 spiro atoms. The van der Waals surface area contributed by atoms with E-state index in [4.69, 9.17) is 5.11 Å². The molecular formula is C19H16F2N2O4. The lowest BCUT2D eigenvalue weighted by molar-refractivity contribution is -0.132. The fraction of sp³-hybridized carbons (Fsp3) is 0.211. The van der Waals surface area contributed by atoms with Crippen LogP contribution in [-0.4, -0.2) is 29.4 Å². The molecule has 1 aliphatic heterocycles. The Morgan fingerprint density at radius 1 is 1.11 bits per heavy atom. The Kier molecular flexibility index (Phi) is 5.16. The van der Waals surface area contributed by atoms with E-state index >= 15 is 0 Å². The summed E-state index contributed by atoms with van der Waals surface area (Å²) in [5.74, 6) is -4.95. The van der Waals surface area contributed by atoms with Crippen LogP contribution < -0.4 is 10.2 Å². The summed E-state index contributed by atoms with van der Waals surface area (Å²) in [6, 6.07) is 9.16. The van der Waals surface area contributed by atoms with E-state index in [2.05, 4.69) is 5.32 Å². The number of hydrogen-bond acceptors (Lipinski definition) is 3. The summed E-state index contributed by atoms with van der Waals surface area (Å²) in [5.41, 5.74) is 1.04. The van der Waals surface area contributed by atoms with Gasteiger partial charge in [0.05, 0.1) is 5.56 Å². The number of rotatable bonds is 5. The molecule has 2 aromatic rings. The Hall–Kier alpha value is -3.29. The summed E-state index contributed by atoms with van der Waals surface area (Å²) < 4.78 is 26.4. The van der Waals surface area contributed by atoms with Gasteiger partial charge in [-0.1, -0.05) is 12.1 Å². The monoisotopic (exact) mass is 374 g/mol. The second-order valence-electron chi connectivity index (χ2n) is 6.15. The zero-order valence-electron chi connectivity index (χ0n) is 14.1. The lowest BCUT2D eigenvalue weighted by Gasteiger charge is -2.17. The number of amides is 2. The van der Waals surface area contributed by atoms with Crippen molar-refractivity contribution in [3.05, 3.63) is 65.2 Å². The minimum Gasteiger partial charge on any atom is -0.478 e. The fourth-order valence-corrected chi connectivity index (χ4v) is 2.91. The molecule has 3 rings (SSSR count). The number of nitrogens with zero attached hydrogens (tertiary/aromatic N) is 1. The molecule has 27 heavy (non-hydrogen) atoms. The molecular weight excluding hydrogens is 358 g/mol. The van der Waals surface area contributed by atoms with Crippen LogP contribution in [0.5, 0.6) is 0 Å². The van der Waals surface area contributed by atoms with Gasteiger partial charge in [0.1, 0.15) is 5.92 Å². The summed E-state index contributed by atoms with van der Waals surface area (Å²) in [7, 11) is 0. The maximum Gasteiger partial charge on any atom is 0.335 e. The van der Waals surface area contributed by atoms with Crippen molar-refractivity contribution in [3.8, 4) is 0 Å². The third kappa shape index (κ3) is 3.94. The van der Waals surface area contributed by atoms with E-state index in [1.807, 2.05) is 0 Å². The highest BCUT2D eigenvalue weighted by atomic mass is 19.2. The van der Waals surface area contributed by atoms with E-state index in [0.29, 0.717) is 5.56 Å². The molecule has 1 atom stereocenters. The second-order valence-corrected chi connectivity index (χ2v) is 6.15. The molecule has 0 radical (unpaired) electrons. The minimum atomic E-state index is -1.06. The van der Waals surface area contributed by atoms with Crippen LogP contribution in [0.15, 0.2) is 42.5 Å². The average Bonchev–Trinajstić information content (AvgIpc) is 3.04. The topological polar surface area (TPSA) is 86.7 Å². The molecule has 6 nitrogen and oxygen atoms in total. The maximum absolute atomic E-state index is 13.4. The summed E-state index contributed by atoms with van der Waals surface area (Å²) in [6.45, 7) is 0.378. The fourth-order valence-electron chi connectivity index (χ4n) is 2.91. The number of aromatic carboxylic acids is 1. The van der Waals surface area contributed by atoms with E-state index in [-0.39, 0.29) is 30.8 Å². The van der Waals surface area contributed by atoms with E-state index in [1.54, 1.807) is 12.1 Å². The predicted molar refractivity (Wildman–Crippen MR) is 92.1 cm³/mol. The number of carboxylic acid groups (broad SMARTS) is 1. The van der Waals surface area contributed by atoms with Crippen LogP contribution >= 0.6 is 0 Å². The number of nitrogens with one attached hydrogen (secondary N) is 1. The van der Waals surface area contributed by atoms with Crippen LogP contribution in [-0.2, 0) is 16.1 Å². The van der Waals surface area contributed by atoms with Gasteiger partial charge in [-0.15, -0.1) is 0 Å². The molecule has 0 saturated carbocycles. The number of anilines is 1. The number of halogens is 2. The number of carboxylic acids is 1. The first-order valence-electron chi connectivity index (χ1n) is 8.23. The van der Waals surface area contributed by atoms with Gasteiger partial charge in [0, 0.05) is 24.8 Å². The van der Waals surface area contributed by atoms with Crippen molar-refractivity contribution in [2.45, 2.75) is 13.0 Å². The highest BCUT2D eigenvalue weighted by Crippen LogP contribution is 2.26. The van der Waals surface area contributed by atoms with Crippen molar-refractivity contribution < 1.29 is 28.3 Å². The molecule has 2 aromatic carbocycles. The van der Waals surface area contributed by atoms with Gasteiger partial charge in [-0.3, -0.25) is 9.59 Å². The summed E-state index contributed by atoms with van der Waals surface area (Å²) in [4.78, 5) is 36.9. The number of carbonyl (C=O) groups is 3. The van der Waals surface area contributed by atoms with Crippen molar-refractivity contribution in [1.29, 1.82) is 0 Å². The Labute approximate surface area is 153 Å². The second kappa shape index (κ2) is 7.53. The smallest absolute Gasteiger partial charge is 0.335 e. The largest absolute Gasteiger partial charge is 0.478 e. The van der Waals surface area contributed by atoms with E-state index < -0.39 is 35.3 Å². The van der Waals surface area contributed by atoms with E-state index in [1.165, 1.54) is 23.1 Å². The van der Waals surface area contributed by atoms with Gasteiger partial charge in [0.25, 0.3) is 0 Å². The third-order valence-electron chi connectivity index (χ3n) is 4.40. The average molecular weight is 374 g/mol. The highest BCUT2D eigenvalue weighted by Gasteiger charge is 2.37. The zero-order valence-corrected chi connectivity index (χ0v) is 14.1. The Balaban J connectivity index is 1.61. The van der Waals surface area contributed by atoms with Gasteiger partial charge < -0.3 is 15.3 Å². The SMILES string of the molecule is O=C(O)c1ccc(CNC(=O)C2CCN(c3ccc(F)c(F)c3)C2=O)cc1. The lowest BCUT2D eigenvalue weighted by atomic mass is 10.1. The molecule has 1 aliphatic rings. The van der Waals surface area contributed by atoms with Gasteiger partial charge >= 0.3 is 5.97 Å². The van der Waals surface area contributed by atoms with Crippen LogP contribution in [0.3, 0.4) is 0 Å². The lowest BCUT2D eigenvalue weighted by Crippen LogP contribution is -2.36. The van der Waals surface area contributed by atoms with Crippen LogP contribution in [0.4, 0.5) is 14.5 Å². The first kappa shape index (κ1) is 18.5. The zero-order chi connectivity index (χ0) is 19.6. The van der Waals surface area contributed by atoms with Crippen molar-refractivity contribution in [2.75, 3.05) is 11.4 Å². The Morgan fingerprint density at radius 3 is 2.44 bits per heavy atom. The molecule has 1 heterocycles. The molecule has 0 aromatic heterocycles. The number of carbonyl (C=O) groups excluding carboxylic acids is 2. The van der Waals surface area contributed by atoms with Gasteiger partial charge in [-0.2, -0.15) is 0 Å². The van der Waals surface area contributed by atoms with Gasteiger partial charge in [0.15, 0.2) is 11.6 Å². The molecule has 8 heteroatoms. The molecule has 2 N–H and O–H groups in total. The molecule has 2 amide bonds. The van der Waals surface area contributed by atoms with Gasteiger partial charge in [-0.05, 0) is 36.2 Å². The summed E-state index contributed by atoms with van der Waals surface area (Å²) in [5, 5.41) is 11.5. The molecule has 1 unspecified atom stereocenters. The standard InChI is InChI=1S/C19H16F2N2O4/c20-15-6-5-13(9-16(15)21)23-8-7-14(18(23)25)17(24)22-10-11-1-3-12(4-2-11)19(26)27/h1-6,9,14H,7-8,10H2,(H,22,24)(H,26,27). The third-order valence-corrected chi connectivity index (χ3v) is 4.40. The van der Waals surface area contributed by atoms with Crippen molar-refractivity contribution in [3.63, 3.8) is 0 Å². The van der Waals surface area contributed by atoms with Crippen LogP contribution in [0.2, 0.25) is 0 Å². The Bertz CT molecular complexity index is 899. The van der Waals surface area contributed by atoms with Crippen LogP contribution in [0, 0.1) is 17.6 Å². The van der Waals surface area contributed by atoms with Gasteiger partial charge in [0.2, 0.25) is 11.8 Å². The summed E-state index contributed by atoms with van der Waals surface area (Å²) >= 11 is 0. The van der Waals surface area contributed by atoms with Crippen molar-refractivity contribution in [1.82, 2.24) is 5.32 Å².